The summed E-state index contributed by atoms with van der Waals surface area (Å²) < 4.78 is 0. The molecule has 4 rings (SSSR count). The summed E-state index contributed by atoms with van der Waals surface area (Å²) in [6, 6.07) is 12.6. The Hall–Kier alpha value is -2.49. The Kier molecular flexibility index (Phi) is 2.06. The molecule has 0 radical (unpaired) electrons. The number of nitrogens with two attached hydrogens (primary N) is 1. The fourth-order valence-corrected chi connectivity index (χ4v) is 2.72. The molecule has 0 fully saturated rings. The van der Waals surface area contributed by atoms with Crippen LogP contribution in [0, 0.1) is 0 Å². The predicted octanol–water partition coefficient (Wildman–Crippen LogP) is 2.67. The van der Waals surface area contributed by atoms with Gasteiger partial charge >= 0.3 is 0 Å². The highest BCUT2D eigenvalue weighted by Crippen LogP contribution is 2.30. The molecule has 2 heterocycles. The molecule has 1 aliphatic rings. The molecular formula is C15H14N4. The lowest BCUT2D eigenvalue weighted by Gasteiger charge is -2.17. The normalized spacial score (nSPS) is 14.0. The summed E-state index contributed by atoms with van der Waals surface area (Å²) in [6.07, 6.45) is 1.85. The van der Waals surface area contributed by atoms with E-state index < -0.39 is 0 Å². The molecule has 3 aromatic rings. The lowest BCUT2D eigenvalue weighted by atomic mass is 10.1. The van der Waals surface area contributed by atoms with Gasteiger partial charge in [-0.3, -0.25) is 5.10 Å². The number of benzene rings is 2. The van der Waals surface area contributed by atoms with E-state index in [2.05, 4.69) is 45.4 Å². The van der Waals surface area contributed by atoms with Gasteiger partial charge in [0.05, 0.1) is 11.7 Å². The van der Waals surface area contributed by atoms with E-state index in [1.807, 2.05) is 12.3 Å². The minimum Gasteiger partial charge on any atom is -0.399 e. The molecule has 0 unspecified atom stereocenters. The monoisotopic (exact) mass is 250 g/mol. The minimum atomic E-state index is 0.838. The average Bonchev–Trinajstić information content (AvgIpc) is 3.02. The molecule has 4 heteroatoms. The van der Waals surface area contributed by atoms with Crippen molar-refractivity contribution >= 4 is 22.3 Å². The fraction of sp³-hybridized carbons (Fsp3) is 0.133. The second kappa shape index (κ2) is 3.75. The Morgan fingerprint density at radius 1 is 1.05 bits per heavy atom. The number of hydrogen-bond acceptors (Lipinski definition) is 3. The lowest BCUT2D eigenvalue weighted by molar-refractivity contribution is 0.881. The number of aromatic nitrogens is 2. The number of H-pyrrole nitrogens is 1. The maximum atomic E-state index is 5.84. The Morgan fingerprint density at radius 2 is 1.95 bits per heavy atom. The number of rotatable bonds is 1. The van der Waals surface area contributed by atoms with E-state index in [4.69, 9.17) is 5.73 Å². The summed E-state index contributed by atoms with van der Waals surface area (Å²) >= 11 is 0. The van der Waals surface area contributed by atoms with Gasteiger partial charge in [-0.15, -0.1) is 0 Å². The maximum absolute atomic E-state index is 5.84. The highest BCUT2D eigenvalue weighted by atomic mass is 15.1. The smallest absolute Gasteiger partial charge is 0.0670 e. The van der Waals surface area contributed by atoms with Gasteiger partial charge in [-0.25, -0.2) is 0 Å². The topological polar surface area (TPSA) is 57.9 Å². The van der Waals surface area contributed by atoms with Crippen LogP contribution in [0.5, 0.6) is 0 Å². The van der Waals surface area contributed by atoms with E-state index in [1.165, 1.54) is 16.8 Å². The van der Waals surface area contributed by atoms with Gasteiger partial charge in [0.25, 0.3) is 0 Å². The Balaban J connectivity index is 1.71. The van der Waals surface area contributed by atoms with Crippen LogP contribution in [0.4, 0.5) is 11.4 Å². The molecule has 0 amide bonds. The van der Waals surface area contributed by atoms with Gasteiger partial charge in [-0.2, -0.15) is 5.10 Å². The van der Waals surface area contributed by atoms with Gasteiger partial charge in [0.2, 0.25) is 0 Å². The third kappa shape index (κ3) is 1.64. The number of nitrogens with one attached hydrogen (secondary N) is 1. The molecule has 94 valence electrons. The molecule has 0 atom stereocenters. The molecule has 0 saturated heterocycles. The molecule has 1 aromatic heterocycles. The highest BCUT2D eigenvalue weighted by molar-refractivity contribution is 5.82. The fourth-order valence-electron chi connectivity index (χ4n) is 2.72. The Labute approximate surface area is 110 Å². The number of fused-ring (bicyclic) bond motifs is 2. The van der Waals surface area contributed by atoms with Crippen molar-refractivity contribution in [3.63, 3.8) is 0 Å². The first kappa shape index (κ1) is 10.4. The number of anilines is 2. The summed E-state index contributed by atoms with van der Waals surface area (Å²) in [5.41, 5.74) is 11.7. The van der Waals surface area contributed by atoms with Crippen molar-refractivity contribution in [2.24, 2.45) is 0 Å². The zero-order valence-corrected chi connectivity index (χ0v) is 10.4. The third-order valence-corrected chi connectivity index (χ3v) is 3.74. The van der Waals surface area contributed by atoms with Crippen molar-refractivity contribution in [1.82, 2.24) is 10.2 Å². The lowest BCUT2D eigenvalue weighted by Crippen LogP contribution is -2.14. The number of nitrogens with zero attached hydrogens (tertiary/aromatic N) is 2. The van der Waals surface area contributed by atoms with Crippen LogP contribution >= 0.6 is 0 Å². The van der Waals surface area contributed by atoms with Crippen molar-refractivity contribution in [2.45, 2.75) is 13.1 Å². The zero-order valence-electron chi connectivity index (χ0n) is 10.4. The molecule has 4 nitrogen and oxygen atoms in total. The second-order valence-corrected chi connectivity index (χ2v) is 5.03. The third-order valence-electron chi connectivity index (χ3n) is 3.74. The van der Waals surface area contributed by atoms with E-state index in [1.54, 1.807) is 0 Å². The summed E-state index contributed by atoms with van der Waals surface area (Å²) in [5, 5.41) is 8.22. The molecule has 0 aliphatic carbocycles. The SMILES string of the molecule is Nc1ccc2c(c1)CN(c1ccc3cn[nH]c3c1)C2. The van der Waals surface area contributed by atoms with Crippen molar-refractivity contribution in [1.29, 1.82) is 0 Å². The van der Waals surface area contributed by atoms with E-state index in [0.717, 1.165) is 29.7 Å². The van der Waals surface area contributed by atoms with Crippen LogP contribution in [0.1, 0.15) is 11.1 Å². The maximum Gasteiger partial charge on any atom is 0.0670 e. The van der Waals surface area contributed by atoms with Crippen LogP contribution in [-0.2, 0) is 13.1 Å². The highest BCUT2D eigenvalue weighted by Gasteiger charge is 2.19. The van der Waals surface area contributed by atoms with Gasteiger partial charge in [-0.1, -0.05) is 6.07 Å². The van der Waals surface area contributed by atoms with E-state index in [9.17, 15) is 0 Å². The molecule has 0 saturated carbocycles. The molecule has 2 aromatic carbocycles. The van der Waals surface area contributed by atoms with Crippen molar-refractivity contribution in [3.8, 4) is 0 Å². The molecular weight excluding hydrogens is 236 g/mol. The summed E-state index contributed by atoms with van der Waals surface area (Å²) in [7, 11) is 0. The number of aromatic amines is 1. The second-order valence-electron chi connectivity index (χ2n) is 5.03. The van der Waals surface area contributed by atoms with Crippen molar-refractivity contribution in [2.75, 3.05) is 10.6 Å². The van der Waals surface area contributed by atoms with Crippen LogP contribution in [0.25, 0.3) is 10.9 Å². The standard InChI is InChI=1S/C15H14N4/c16-13-3-1-11-8-19(9-12(11)5-13)14-4-2-10-7-17-18-15(10)6-14/h1-7H,8-9,16H2,(H,17,18). The largest absolute Gasteiger partial charge is 0.399 e. The number of nitrogen functional groups attached to an aromatic ring is 1. The molecule has 3 N–H and O–H groups in total. The van der Waals surface area contributed by atoms with Gasteiger partial charge in [0.15, 0.2) is 0 Å². The summed E-state index contributed by atoms with van der Waals surface area (Å²) in [5.74, 6) is 0. The minimum absolute atomic E-state index is 0.838. The first-order valence-electron chi connectivity index (χ1n) is 6.35. The van der Waals surface area contributed by atoms with Crippen LogP contribution < -0.4 is 10.6 Å². The van der Waals surface area contributed by atoms with Gasteiger partial charge < -0.3 is 10.6 Å². The first-order chi connectivity index (χ1) is 9.29. The predicted molar refractivity (Wildman–Crippen MR) is 76.8 cm³/mol. The van der Waals surface area contributed by atoms with Gasteiger partial charge in [0, 0.05) is 29.9 Å². The zero-order chi connectivity index (χ0) is 12.8. The molecule has 0 bridgehead atoms. The first-order valence-corrected chi connectivity index (χ1v) is 6.35. The summed E-state index contributed by atoms with van der Waals surface area (Å²) in [6.45, 7) is 1.86. The van der Waals surface area contributed by atoms with Crippen molar-refractivity contribution < 1.29 is 0 Å². The number of hydrogen-bond donors (Lipinski definition) is 2. The van der Waals surface area contributed by atoms with E-state index >= 15 is 0 Å². The van der Waals surface area contributed by atoms with Crippen LogP contribution in [0.2, 0.25) is 0 Å². The Morgan fingerprint density at radius 3 is 2.89 bits per heavy atom. The molecule has 19 heavy (non-hydrogen) atoms. The Bertz CT molecular complexity index is 760. The average molecular weight is 250 g/mol. The van der Waals surface area contributed by atoms with Crippen LogP contribution in [-0.4, -0.2) is 10.2 Å². The molecule has 0 spiro atoms. The van der Waals surface area contributed by atoms with Crippen LogP contribution in [0.3, 0.4) is 0 Å². The van der Waals surface area contributed by atoms with Gasteiger partial charge in [0.1, 0.15) is 0 Å². The van der Waals surface area contributed by atoms with E-state index in [-0.39, 0.29) is 0 Å². The molecule has 1 aliphatic heterocycles. The van der Waals surface area contributed by atoms with Crippen molar-refractivity contribution in [3.05, 3.63) is 53.7 Å². The summed E-state index contributed by atoms with van der Waals surface area (Å²) in [4.78, 5) is 2.35. The van der Waals surface area contributed by atoms with Gasteiger partial charge in [-0.05, 0) is 41.5 Å². The van der Waals surface area contributed by atoms with Crippen LogP contribution in [0.15, 0.2) is 42.6 Å². The van der Waals surface area contributed by atoms with E-state index in [0.29, 0.717) is 0 Å². The quantitative estimate of drug-likeness (QED) is 0.653.